The summed E-state index contributed by atoms with van der Waals surface area (Å²) in [4.78, 5) is 29.0. The molecule has 0 amide bonds. The average molecular weight is 348 g/mol. The summed E-state index contributed by atoms with van der Waals surface area (Å²) in [5.74, 6) is -0.447. The second-order valence-corrected chi connectivity index (χ2v) is 5.62. The lowest BCUT2D eigenvalue weighted by Gasteiger charge is -2.08. The van der Waals surface area contributed by atoms with Gasteiger partial charge in [0.15, 0.2) is 17.3 Å². The average Bonchev–Trinajstić information content (AvgIpc) is 2.63. The minimum Gasteiger partial charge on any atom is -0.510 e. The van der Waals surface area contributed by atoms with Crippen LogP contribution in [0.3, 0.4) is 0 Å². The molecule has 0 unspecified atom stereocenters. The fourth-order valence-electron chi connectivity index (χ4n) is 2.47. The van der Waals surface area contributed by atoms with Gasteiger partial charge < -0.3 is 5.11 Å². The highest BCUT2D eigenvalue weighted by atomic mass is 16.3. The van der Waals surface area contributed by atoms with Crippen LogP contribution in [0.5, 0.6) is 0 Å². The Morgan fingerprint density at radius 3 is 2.35 bits per heavy atom. The van der Waals surface area contributed by atoms with Crippen LogP contribution in [-0.2, 0) is 4.79 Å². The van der Waals surface area contributed by atoms with Crippen LogP contribution in [0.15, 0.2) is 81.2 Å². The first-order valence-electron chi connectivity index (χ1n) is 7.89. The number of ketones is 1. The van der Waals surface area contributed by atoms with Crippen LogP contribution in [0.4, 0.5) is 0 Å². The first-order chi connectivity index (χ1) is 12.5. The lowest BCUT2D eigenvalue weighted by atomic mass is 10.2. The van der Waals surface area contributed by atoms with Crippen LogP contribution in [0, 0.1) is 0 Å². The van der Waals surface area contributed by atoms with E-state index >= 15 is 0 Å². The molecule has 1 aromatic heterocycles. The van der Waals surface area contributed by atoms with Crippen LogP contribution in [0.25, 0.3) is 22.3 Å². The number of carbonyl (C=O) groups is 1. The number of para-hydroxylation sites is 1. The van der Waals surface area contributed by atoms with Crippen molar-refractivity contribution in [3.8, 4) is 11.4 Å². The van der Waals surface area contributed by atoms with Gasteiger partial charge in [-0.3, -0.25) is 9.59 Å². The number of aliphatic hydroxyl groups is 1. The van der Waals surface area contributed by atoms with E-state index in [4.69, 9.17) is 0 Å². The summed E-state index contributed by atoms with van der Waals surface area (Å²) in [5.41, 5.74) is 0.563. The largest absolute Gasteiger partial charge is 0.510 e. The Kier molecular flexibility index (Phi) is 4.70. The highest BCUT2D eigenvalue weighted by molar-refractivity contribution is 5.93. The third-order valence-corrected chi connectivity index (χ3v) is 3.70. The van der Waals surface area contributed by atoms with E-state index in [0.29, 0.717) is 16.5 Å². The van der Waals surface area contributed by atoms with Crippen LogP contribution in [0.1, 0.15) is 13.8 Å². The summed E-state index contributed by atoms with van der Waals surface area (Å²) in [5, 5.41) is 17.6. The zero-order valence-corrected chi connectivity index (χ0v) is 14.2. The molecule has 0 atom stereocenters. The number of allylic oxidation sites excluding steroid dienone is 2. The fourth-order valence-corrected chi connectivity index (χ4v) is 2.47. The van der Waals surface area contributed by atoms with Gasteiger partial charge in [-0.25, -0.2) is 4.98 Å². The van der Waals surface area contributed by atoms with Crippen molar-refractivity contribution in [3.63, 3.8) is 0 Å². The highest BCUT2D eigenvalue weighted by Crippen LogP contribution is 2.19. The van der Waals surface area contributed by atoms with Gasteiger partial charge in [-0.05, 0) is 19.1 Å². The summed E-state index contributed by atoms with van der Waals surface area (Å²) < 4.78 is 1.03. The van der Waals surface area contributed by atoms with Gasteiger partial charge in [0, 0.05) is 12.5 Å². The standard InChI is InChI=1S/C19H16N4O3/c1-12(24)17(13(2)25)21-22-23-18(14-8-4-3-5-9-14)20-16-11-7-6-10-15(16)19(23)26/h3-11,24H,1-2H3/b17-12+,22-21?. The molecule has 26 heavy (non-hydrogen) atoms. The Morgan fingerprint density at radius 1 is 1.04 bits per heavy atom. The molecule has 0 fully saturated rings. The van der Waals surface area contributed by atoms with E-state index < -0.39 is 11.3 Å². The lowest BCUT2D eigenvalue weighted by molar-refractivity contribution is -0.113. The molecule has 0 saturated heterocycles. The molecule has 0 aliphatic rings. The monoisotopic (exact) mass is 348 g/mol. The van der Waals surface area contributed by atoms with E-state index in [1.54, 1.807) is 36.4 Å². The van der Waals surface area contributed by atoms with Gasteiger partial charge in [-0.1, -0.05) is 47.7 Å². The third kappa shape index (κ3) is 3.27. The molecule has 0 aliphatic carbocycles. The first kappa shape index (κ1) is 17.2. The molecule has 3 rings (SSSR count). The van der Waals surface area contributed by atoms with Gasteiger partial charge in [0.2, 0.25) is 0 Å². The van der Waals surface area contributed by atoms with Crippen molar-refractivity contribution < 1.29 is 9.90 Å². The number of fused-ring (bicyclic) bond motifs is 1. The van der Waals surface area contributed by atoms with Crippen molar-refractivity contribution in [3.05, 3.63) is 76.4 Å². The Morgan fingerprint density at radius 2 is 1.69 bits per heavy atom. The second kappa shape index (κ2) is 7.10. The van der Waals surface area contributed by atoms with Gasteiger partial charge in [0.05, 0.1) is 10.9 Å². The molecule has 7 heteroatoms. The van der Waals surface area contributed by atoms with E-state index in [1.165, 1.54) is 13.8 Å². The Hall–Kier alpha value is -3.61. The minimum atomic E-state index is -0.461. The normalized spacial score (nSPS) is 12.4. The molecule has 0 saturated carbocycles. The molecule has 0 bridgehead atoms. The predicted molar refractivity (Wildman–Crippen MR) is 97.7 cm³/mol. The van der Waals surface area contributed by atoms with Crippen LogP contribution in [-0.4, -0.2) is 20.5 Å². The van der Waals surface area contributed by atoms with Crippen molar-refractivity contribution in [2.24, 2.45) is 10.3 Å². The van der Waals surface area contributed by atoms with Gasteiger partial charge in [0.1, 0.15) is 5.76 Å². The maximum Gasteiger partial charge on any atom is 0.283 e. The van der Waals surface area contributed by atoms with Crippen molar-refractivity contribution in [1.29, 1.82) is 0 Å². The summed E-state index contributed by atoms with van der Waals surface area (Å²) in [6.45, 7) is 2.59. The van der Waals surface area contributed by atoms with E-state index in [1.807, 2.05) is 18.2 Å². The minimum absolute atomic E-state index is 0.218. The Labute approximate surface area is 148 Å². The smallest absolute Gasteiger partial charge is 0.283 e. The quantitative estimate of drug-likeness (QED) is 0.442. The van der Waals surface area contributed by atoms with Crippen LogP contribution in [0.2, 0.25) is 0 Å². The lowest BCUT2D eigenvalue weighted by Crippen LogP contribution is -2.20. The van der Waals surface area contributed by atoms with Gasteiger partial charge in [-0.15, -0.1) is 5.11 Å². The molecule has 1 N–H and O–H groups in total. The molecule has 0 radical (unpaired) electrons. The first-order valence-corrected chi connectivity index (χ1v) is 7.89. The molecule has 2 aromatic carbocycles. The van der Waals surface area contributed by atoms with E-state index in [0.717, 1.165) is 4.68 Å². The number of rotatable bonds is 4. The zero-order chi connectivity index (χ0) is 18.7. The molecule has 0 aliphatic heterocycles. The second-order valence-electron chi connectivity index (χ2n) is 5.62. The third-order valence-electron chi connectivity index (χ3n) is 3.70. The predicted octanol–water partition coefficient (Wildman–Crippen LogP) is 3.66. The van der Waals surface area contributed by atoms with Crippen LogP contribution >= 0.6 is 0 Å². The van der Waals surface area contributed by atoms with Gasteiger partial charge in [0.25, 0.3) is 5.56 Å². The Bertz CT molecular complexity index is 1090. The Balaban J connectivity index is 2.29. The van der Waals surface area contributed by atoms with E-state index in [2.05, 4.69) is 15.3 Å². The van der Waals surface area contributed by atoms with Crippen molar-refractivity contribution in [2.45, 2.75) is 13.8 Å². The summed E-state index contributed by atoms with van der Waals surface area (Å²) in [7, 11) is 0. The number of hydrogen-bond acceptors (Lipinski definition) is 6. The molecular weight excluding hydrogens is 332 g/mol. The molecule has 3 aromatic rings. The summed E-state index contributed by atoms with van der Waals surface area (Å²) in [6, 6.07) is 16.0. The topological polar surface area (TPSA) is 96.9 Å². The van der Waals surface area contributed by atoms with Crippen molar-refractivity contribution in [1.82, 2.24) is 9.66 Å². The zero-order valence-electron chi connectivity index (χ0n) is 14.2. The summed E-state index contributed by atoms with van der Waals surface area (Å²) >= 11 is 0. The fraction of sp³-hybridized carbons (Fsp3) is 0.105. The van der Waals surface area contributed by atoms with Crippen molar-refractivity contribution >= 4 is 16.7 Å². The molecule has 0 spiro atoms. The number of carbonyl (C=O) groups excluding carboxylic acids is 1. The number of aromatic nitrogens is 2. The van der Waals surface area contributed by atoms with E-state index in [-0.39, 0.29) is 17.3 Å². The van der Waals surface area contributed by atoms with Gasteiger partial charge in [-0.2, -0.15) is 4.68 Å². The SMILES string of the molecule is CC(=O)/C(N=Nn1c(-c2ccccc2)nc2ccccc2c1=O)=C(/C)O. The summed E-state index contributed by atoms with van der Waals surface area (Å²) in [6.07, 6.45) is 0. The van der Waals surface area contributed by atoms with Crippen LogP contribution < -0.4 is 5.56 Å². The molecule has 1 heterocycles. The number of hydrogen-bond donors (Lipinski definition) is 1. The molecule has 130 valence electrons. The highest BCUT2D eigenvalue weighted by Gasteiger charge is 2.13. The number of Topliss-reactive ketones (excluding diaryl/α,β-unsaturated/α-hetero) is 1. The van der Waals surface area contributed by atoms with Crippen molar-refractivity contribution in [2.75, 3.05) is 0 Å². The maximum atomic E-state index is 12.9. The van der Waals surface area contributed by atoms with Gasteiger partial charge >= 0.3 is 0 Å². The number of nitrogens with zero attached hydrogens (tertiary/aromatic N) is 4. The molecule has 7 nitrogen and oxygen atoms in total. The number of benzene rings is 2. The van der Waals surface area contributed by atoms with E-state index in [9.17, 15) is 14.7 Å². The maximum absolute atomic E-state index is 12.9. The number of aliphatic hydroxyl groups excluding tert-OH is 1. The molecular formula is C19H16N4O3.